The first-order valence-electron chi connectivity index (χ1n) is 4.77. The van der Waals surface area contributed by atoms with Crippen molar-refractivity contribution in [2.45, 2.75) is 12.8 Å². The van der Waals surface area contributed by atoms with Crippen LogP contribution in [-0.2, 0) is 19.1 Å². The summed E-state index contributed by atoms with van der Waals surface area (Å²) in [6.45, 7) is 0. The molecule has 0 unspecified atom stereocenters. The van der Waals surface area contributed by atoms with Crippen LogP contribution in [0.1, 0.15) is 12.8 Å². The summed E-state index contributed by atoms with van der Waals surface area (Å²) in [5.74, 6) is -1.70. The van der Waals surface area contributed by atoms with E-state index in [9.17, 15) is 19.7 Å². The van der Waals surface area contributed by atoms with Gasteiger partial charge in [0, 0.05) is 6.42 Å². The van der Waals surface area contributed by atoms with Gasteiger partial charge < -0.3 is 9.47 Å². The highest BCUT2D eigenvalue weighted by atomic mass is 16.6. The molecule has 7 heteroatoms. The lowest BCUT2D eigenvalue weighted by molar-refractivity contribution is -0.428. The molecule has 1 aliphatic rings. The second-order valence-corrected chi connectivity index (χ2v) is 3.22. The van der Waals surface area contributed by atoms with Crippen molar-refractivity contribution in [3.8, 4) is 0 Å². The number of carbonyl (C=O) groups is 2. The van der Waals surface area contributed by atoms with Gasteiger partial charge in [0.25, 0.3) is 5.70 Å². The molecule has 1 aliphatic carbocycles. The SMILES string of the molecule is COC(=O)C1=CCCC([N+](=O)[O-])=C1C(=O)OC. The van der Waals surface area contributed by atoms with Gasteiger partial charge in [-0.25, -0.2) is 9.59 Å². The van der Waals surface area contributed by atoms with Gasteiger partial charge in [0.05, 0.1) is 24.7 Å². The molecule has 0 aromatic heterocycles. The standard InChI is InChI=1S/C10H11NO6/c1-16-9(12)6-4-3-5-7(11(14)15)8(6)10(13)17-2/h4H,3,5H2,1-2H3. The van der Waals surface area contributed by atoms with Gasteiger partial charge in [-0.05, 0) is 6.42 Å². The van der Waals surface area contributed by atoms with E-state index in [1.54, 1.807) is 0 Å². The van der Waals surface area contributed by atoms with E-state index >= 15 is 0 Å². The van der Waals surface area contributed by atoms with Crippen molar-refractivity contribution >= 4 is 11.9 Å². The summed E-state index contributed by atoms with van der Waals surface area (Å²) in [4.78, 5) is 33.0. The van der Waals surface area contributed by atoms with Crippen molar-refractivity contribution in [1.29, 1.82) is 0 Å². The number of hydrogen-bond donors (Lipinski definition) is 0. The van der Waals surface area contributed by atoms with Gasteiger partial charge in [-0.15, -0.1) is 0 Å². The van der Waals surface area contributed by atoms with Crippen LogP contribution in [0.15, 0.2) is 22.9 Å². The lowest BCUT2D eigenvalue weighted by atomic mass is 9.95. The third-order valence-electron chi connectivity index (χ3n) is 2.30. The minimum absolute atomic E-state index is 0.0813. The van der Waals surface area contributed by atoms with E-state index in [-0.39, 0.29) is 23.3 Å². The van der Waals surface area contributed by atoms with Crippen molar-refractivity contribution in [2.24, 2.45) is 0 Å². The van der Waals surface area contributed by atoms with Crippen LogP contribution in [-0.4, -0.2) is 31.1 Å². The molecule has 0 saturated heterocycles. The summed E-state index contributed by atoms with van der Waals surface area (Å²) in [5, 5.41) is 10.8. The van der Waals surface area contributed by atoms with E-state index in [1.807, 2.05) is 0 Å². The van der Waals surface area contributed by atoms with Crippen molar-refractivity contribution in [3.05, 3.63) is 33.0 Å². The van der Waals surface area contributed by atoms with E-state index in [0.717, 1.165) is 14.2 Å². The summed E-state index contributed by atoms with van der Waals surface area (Å²) in [7, 11) is 2.23. The molecule has 0 radical (unpaired) electrons. The van der Waals surface area contributed by atoms with Gasteiger partial charge in [0.1, 0.15) is 5.57 Å². The Morgan fingerprint density at radius 1 is 1.29 bits per heavy atom. The Hall–Kier alpha value is -2.18. The predicted octanol–water partition coefficient (Wildman–Crippen LogP) is 0.583. The third kappa shape index (κ3) is 2.49. The number of hydrogen-bond acceptors (Lipinski definition) is 6. The first-order valence-corrected chi connectivity index (χ1v) is 4.77. The van der Waals surface area contributed by atoms with Gasteiger partial charge in [-0.1, -0.05) is 6.08 Å². The highest BCUT2D eigenvalue weighted by Gasteiger charge is 2.34. The summed E-state index contributed by atoms with van der Waals surface area (Å²) in [6.07, 6.45) is 1.82. The number of nitrogens with zero attached hydrogens (tertiary/aromatic N) is 1. The van der Waals surface area contributed by atoms with Crippen LogP contribution in [0.5, 0.6) is 0 Å². The van der Waals surface area contributed by atoms with E-state index in [1.165, 1.54) is 6.08 Å². The number of nitro groups is 1. The van der Waals surface area contributed by atoms with Crippen LogP contribution < -0.4 is 0 Å². The molecule has 7 nitrogen and oxygen atoms in total. The molecular weight excluding hydrogens is 230 g/mol. The minimum Gasteiger partial charge on any atom is -0.465 e. The Kier molecular flexibility index (Phi) is 3.97. The van der Waals surface area contributed by atoms with Gasteiger partial charge in [-0.3, -0.25) is 10.1 Å². The second-order valence-electron chi connectivity index (χ2n) is 3.22. The fourth-order valence-electron chi connectivity index (χ4n) is 1.54. The fourth-order valence-corrected chi connectivity index (χ4v) is 1.54. The number of methoxy groups -OCH3 is 2. The Morgan fingerprint density at radius 2 is 1.88 bits per heavy atom. The maximum atomic E-state index is 11.5. The molecule has 0 amide bonds. The van der Waals surface area contributed by atoms with Gasteiger partial charge in [0.2, 0.25) is 0 Å². The normalized spacial score (nSPS) is 15.1. The summed E-state index contributed by atoms with van der Waals surface area (Å²) in [6, 6.07) is 0. The van der Waals surface area contributed by atoms with Crippen LogP contribution in [0, 0.1) is 10.1 Å². The van der Waals surface area contributed by atoms with Gasteiger partial charge in [-0.2, -0.15) is 0 Å². The average Bonchev–Trinajstić information content (AvgIpc) is 2.35. The second kappa shape index (κ2) is 5.24. The zero-order valence-electron chi connectivity index (χ0n) is 9.39. The maximum Gasteiger partial charge on any atom is 0.345 e. The molecule has 17 heavy (non-hydrogen) atoms. The molecule has 0 atom stereocenters. The molecule has 0 spiro atoms. The highest BCUT2D eigenvalue weighted by molar-refractivity contribution is 6.07. The van der Waals surface area contributed by atoms with Crippen molar-refractivity contribution in [3.63, 3.8) is 0 Å². The smallest absolute Gasteiger partial charge is 0.345 e. The fraction of sp³-hybridized carbons (Fsp3) is 0.400. The molecule has 0 aromatic carbocycles. The highest BCUT2D eigenvalue weighted by Crippen LogP contribution is 2.27. The Morgan fingerprint density at radius 3 is 2.35 bits per heavy atom. The predicted molar refractivity (Wildman–Crippen MR) is 55.4 cm³/mol. The van der Waals surface area contributed by atoms with Crippen LogP contribution in [0.4, 0.5) is 0 Å². The molecule has 1 rings (SSSR count). The summed E-state index contributed by atoms with van der Waals surface area (Å²) in [5.41, 5.74) is -0.757. The Bertz CT molecular complexity index is 434. The zero-order chi connectivity index (χ0) is 13.0. The van der Waals surface area contributed by atoms with Gasteiger partial charge in [0.15, 0.2) is 0 Å². The first-order chi connectivity index (χ1) is 8.02. The third-order valence-corrected chi connectivity index (χ3v) is 2.30. The Balaban J connectivity index is 3.31. The summed E-state index contributed by atoms with van der Waals surface area (Å²) < 4.78 is 8.92. The van der Waals surface area contributed by atoms with E-state index < -0.39 is 16.9 Å². The Labute approximate surface area is 96.8 Å². The molecule has 0 aromatic rings. The van der Waals surface area contributed by atoms with Crippen LogP contribution in [0.2, 0.25) is 0 Å². The minimum atomic E-state index is -0.909. The van der Waals surface area contributed by atoms with Crippen LogP contribution in [0.3, 0.4) is 0 Å². The van der Waals surface area contributed by atoms with Crippen molar-refractivity contribution < 1.29 is 24.0 Å². The number of ether oxygens (including phenoxy) is 2. The maximum absolute atomic E-state index is 11.5. The van der Waals surface area contributed by atoms with Crippen molar-refractivity contribution in [1.82, 2.24) is 0 Å². The number of allylic oxidation sites excluding steroid dienone is 2. The van der Waals surface area contributed by atoms with Crippen molar-refractivity contribution in [2.75, 3.05) is 14.2 Å². The molecule has 0 fully saturated rings. The van der Waals surface area contributed by atoms with E-state index in [2.05, 4.69) is 9.47 Å². The largest absolute Gasteiger partial charge is 0.465 e. The lowest BCUT2D eigenvalue weighted by Gasteiger charge is -2.13. The quantitative estimate of drug-likeness (QED) is 0.407. The monoisotopic (exact) mass is 241 g/mol. The summed E-state index contributed by atoms with van der Waals surface area (Å²) >= 11 is 0. The topological polar surface area (TPSA) is 95.7 Å². The number of esters is 2. The molecule has 0 N–H and O–H groups in total. The number of carbonyl (C=O) groups excluding carboxylic acids is 2. The lowest BCUT2D eigenvalue weighted by Crippen LogP contribution is -2.21. The molecule has 0 bridgehead atoms. The van der Waals surface area contributed by atoms with E-state index in [0.29, 0.717) is 6.42 Å². The molecular formula is C10H11NO6. The molecule has 0 aliphatic heterocycles. The zero-order valence-corrected chi connectivity index (χ0v) is 9.39. The number of rotatable bonds is 3. The first kappa shape index (κ1) is 12.9. The van der Waals surface area contributed by atoms with E-state index in [4.69, 9.17) is 0 Å². The molecule has 0 heterocycles. The van der Waals surface area contributed by atoms with Crippen LogP contribution in [0.25, 0.3) is 0 Å². The average molecular weight is 241 g/mol. The molecule has 0 saturated carbocycles. The van der Waals surface area contributed by atoms with Gasteiger partial charge >= 0.3 is 11.9 Å². The molecule has 92 valence electrons. The van der Waals surface area contributed by atoms with Crippen LogP contribution >= 0.6 is 0 Å².